The molecule has 0 N–H and O–H groups in total. The van der Waals surface area contributed by atoms with Gasteiger partial charge in [0, 0.05) is 51.2 Å². The Labute approximate surface area is 143 Å². The molecule has 0 bridgehead atoms. The highest BCUT2D eigenvalue weighted by molar-refractivity contribution is 9.10. The van der Waals surface area contributed by atoms with E-state index in [-0.39, 0.29) is 5.56 Å². The normalized spacial score (nSPS) is 15.8. The van der Waals surface area contributed by atoms with Crippen molar-refractivity contribution in [3.05, 3.63) is 45.0 Å². The van der Waals surface area contributed by atoms with Crippen LogP contribution in [0.2, 0.25) is 0 Å². The minimum Gasteiger partial charge on any atom is -0.338 e. The second kappa shape index (κ2) is 7.18. The molecular weight excluding hydrogens is 360 g/mol. The standard InChI is InChI=1S/C15H19BrN6O/c1-12-2-3-14(23)22(19-12)9-6-20-4-7-21(8-5-20)15-17-10-13(16)11-18-15/h2-3,10-11H,4-9H2,1H3. The lowest BCUT2D eigenvalue weighted by molar-refractivity contribution is 0.241. The van der Waals surface area contributed by atoms with Crippen molar-refractivity contribution in [3.63, 3.8) is 0 Å². The smallest absolute Gasteiger partial charge is 0.266 e. The van der Waals surface area contributed by atoms with Crippen molar-refractivity contribution >= 4 is 21.9 Å². The van der Waals surface area contributed by atoms with Gasteiger partial charge in [0.2, 0.25) is 5.95 Å². The fraction of sp³-hybridized carbons (Fsp3) is 0.467. The third-order valence-corrected chi connectivity index (χ3v) is 4.30. The number of halogens is 1. The predicted octanol–water partition coefficient (Wildman–Crippen LogP) is 0.926. The molecule has 23 heavy (non-hydrogen) atoms. The highest BCUT2D eigenvalue weighted by Crippen LogP contribution is 2.13. The lowest BCUT2D eigenvalue weighted by atomic mass is 10.3. The molecule has 0 aliphatic carbocycles. The third kappa shape index (κ3) is 4.14. The van der Waals surface area contributed by atoms with Gasteiger partial charge in [0.05, 0.1) is 16.7 Å². The Morgan fingerprint density at radius 2 is 1.78 bits per heavy atom. The molecule has 0 atom stereocenters. The molecule has 3 heterocycles. The number of aryl methyl sites for hydroxylation is 1. The molecule has 0 unspecified atom stereocenters. The predicted molar refractivity (Wildman–Crippen MR) is 91.6 cm³/mol. The maximum Gasteiger partial charge on any atom is 0.266 e. The third-order valence-electron chi connectivity index (χ3n) is 3.89. The van der Waals surface area contributed by atoms with Gasteiger partial charge in [0.15, 0.2) is 0 Å². The summed E-state index contributed by atoms with van der Waals surface area (Å²) in [7, 11) is 0. The highest BCUT2D eigenvalue weighted by atomic mass is 79.9. The second-order valence-electron chi connectivity index (χ2n) is 5.57. The molecular formula is C15H19BrN6O. The van der Waals surface area contributed by atoms with E-state index in [1.54, 1.807) is 29.2 Å². The molecule has 3 rings (SSSR count). The van der Waals surface area contributed by atoms with Gasteiger partial charge in [0.1, 0.15) is 0 Å². The number of piperazine rings is 1. The molecule has 122 valence electrons. The second-order valence-corrected chi connectivity index (χ2v) is 6.48. The first-order valence-electron chi connectivity index (χ1n) is 7.61. The summed E-state index contributed by atoms with van der Waals surface area (Å²) in [6.07, 6.45) is 3.54. The van der Waals surface area contributed by atoms with Crippen molar-refractivity contribution in [3.8, 4) is 0 Å². The van der Waals surface area contributed by atoms with E-state index in [0.717, 1.165) is 48.8 Å². The van der Waals surface area contributed by atoms with E-state index in [2.05, 4.69) is 40.8 Å². The summed E-state index contributed by atoms with van der Waals surface area (Å²) in [6.45, 7) is 6.98. The minimum atomic E-state index is -0.0440. The number of hydrogen-bond acceptors (Lipinski definition) is 6. The van der Waals surface area contributed by atoms with Gasteiger partial charge in [-0.05, 0) is 28.9 Å². The van der Waals surface area contributed by atoms with E-state index in [1.165, 1.54) is 0 Å². The van der Waals surface area contributed by atoms with E-state index < -0.39 is 0 Å². The largest absolute Gasteiger partial charge is 0.338 e. The summed E-state index contributed by atoms with van der Waals surface area (Å²) in [6, 6.07) is 3.32. The molecule has 0 amide bonds. The van der Waals surface area contributed by atoms with Gasteiger partial charge in [-0.3, -0.25) is 9.69 Å². The van der Waals surface area contributed by atoms with Gasteiger partial charge in [-0.1, -0.05) is 0 Å². The zero-order valence-corrected chi connectivity index (χ0v) is 14.6. The topological polar surface area (TPSA) is 67.2 Å². The first-order chi connectivity index (χ1) is 11.1. The van der Waals surface area contributed by atoms with Crippen LogP contribution in [0.15, 0.2) is 33.8 Å². The lowest BCUT2D eigenvalue weighted by Crippen LogP contribution is -2.48. The quantitative estimate of drug-likeness (QED) is 0.788. The number of anilines is 1. The van der Waals surface area contributed by atoms with Crippen molar-refractivity contribution < 1.29 is 0 Å². The molecule has 0 radical (unpaired) electrons. The van der Waals surface area contributed by atoms with Crippen LogP contribution < -0.4 is 10.5 Å². The van der Waals surface area contributed by atoms with E-state index in [9.17, 15) is 4.79 Å². The van der Waals surface area contributed by atoms with Crippen LogP contribution in [0, 0.1) is 6.92 Å². The Morgan fingerprint density at radius 3 is 2.48 bits per heavy atom. The van der Waals surface area contributed by atoms with Gasteiger partial charge in [-0.2, -0.15) is 5.10 Å². The van der Waals surface area contributed by atoms with Gasteiger partial charge in [-0.15, -0.1) is 0 Å². The van der Waals surface area contributed by atoms with E-state index in [0.29, 0.717) is 6.54 Å². The van der Waals surface area contributed by atoms with E-state index >= 15 is 0 Å². The molecule has 1 aliphatic rings. The fourth-order valence-corrected chi connectivity index (χ4v) is 2.79. The Bertz CT molecular complexity index is 709. The maximum absolute atomic E-state index is 11.8. The SMILES string of the molecule is Cc1ccc(=O)n(CCN2CCN(c3ncc(Br)cn3)CC2)n1. The number of aromatic nitrogens is 4. The lowest BCUT2D eigenvalue weighted by Gasteiger charge is -2.34. The zero-order valence-electron chi connectivity index (χ0n) is 13.0. The average molecular weight is 379 g/mol. The molecule has 0 saturated carbocycles. The van der Waals surface area contributed by atoms with Crippen LogP contribution in [0.3, 0.4) is 0 Å². The molecule has 0 aromatic carbocycles. The van der Waals surface area contributed by atoms with E-state index in [1.807, 2.05) is 6.92 Å². The van der Waals surface area contributed by atoms with Gasteiger partial charge < -0.3 is 4.90 Å². The van der Waals surface area contributed by atoms with Crippen molar-refractivity contribution in [2.24, 2.45) is 0 Å². The molecule has 1 saturated heterocycles. The van der Waals surface area contributed by atoms with Gasteiger partial charge in [0.25, 0.3) is 5.56 Å². The Morgan fingerprint density at radius 1 is 1.09 bits per heavy atom. The summed E-state index contributed by atoms with van der Waals surface area (Å²) in [4.78, 5) is 25.0. The monoisotopic (exact) mass is 378 g/mol. The molecule has 2 aromatic heterocycles. The Hall–Kier alpha value is -1.80. The van der Waals surface area contributed by atoms with Crippen molar-refractivity contribution in [1.29, 1.82) is 0 Å². The summed E-state index contributed by atoms with van der Waals surface area (Å²) < 4.78 is 2.43. The fourth-order valence-electron chi connectivity index (χ4n) is 2.59. The average Bonchev–Trinajstić information content (AvgIpc) is 2.57. The van der Waals surface area contributed by atoms with Crippen LogP contribution in [0.4, 0.5) is 5.95 Å². The summed E-state index contributed by atoms with van der Waals surface area (Å²) >= 11 is 3.35. The van der Waals surface area contributed by atoms with Crippen molar-refractivity contribution in [1.82, 2.24) is 24.6 Å². The Kier molecular flexibility index (Phi) is 5.02. The van der Waals surface area contributed by atoms with Crippen molar-refractivity contribution in [2.45, 2.75) is 13.5 Å². The van der Waals surface area contributed by atoms with Crippen LogP contribution in [-0.4, -0.2) is 57.4 Å². The van der Waals surface area contributed by atoms with Crippen LogP contribution in [-0.2, 0) is 6.54 Å². The molecule has 1 fully saturated rings. The number of nitrogens with zero attached hydrogens (tertiary/aromatic N) is 6. The zero-order chi connectivity index (χ0) is 16.2. The molecule has 8 heteroatoms. The molecule has 7 nitrogen and oxygen atoms in total. The minimum absolute atomic E-state index is 0.0440. The number of hydrogen-bond donors (Lipinski definition) is 0. The highest BCUT2D eigenvalue weighted by Gasteiger charge is 2.18. The van der Waals surface area contributed by atoms with Crippen LogP contribution in [0.25, 0.3) is 0 Å². The first-order valence-corrected chi connectivity index (χ1v) is 8.41. The van der Waals surface area contributed by atoms with E-state index in [4.69, 9.17) is 0 Å². The van der Waals surface area contributed by atoms with Crippen molar-refractivity contribution in [2.75, 3.05) is 37.6 Å². The van der Waals surface area contributed by atoms with Crippen LogP contribution >= 0.6 is 15.9 Å². The van der Waals surface area contributed by atoms with Crippen LogP contribution in [0.5, 0.6) is 0 Å². The van der Waals surface area contributed by atoms with Gasteiger partial charge in [-0.25, -0.2) is 14.6 Å². The summed E-state index contributed by atoms with van der Waals surface area (Å²) in [5, 5.41) is 4.27. The summed E-state index contributed by atoms with van der Waals surface area (Å²) in [5.41, 5.74) is 0.819. The summed E-state index contributed by atoms with van der Waals surface area (Å²) in [5.74, 6) is 0.768. The van der Waals surface area contributed by atoms with Gasteiger partial charge >= 0.3 is 0 Å². The first kappa shape index (κ1) is 16.1. The molecule has 2 aromatic rings. The van der Waals surface area contributed by atoms with Crippen LogP contribution in [0.1, 0.15) is 5.69 Å². The molecule has 1 aliphatic heterocycles. The number of rotatable bonds is 4. The maximum atomic E-state index is 11.8. The molecule has 0 spiro atoms. The Balaban J connectivity index is 1.52.